The van der Waals surface area contributed by atoms with E-state index in [0.717, 1.165) is 29.5 Å². The van der Waals surface area contributed by atoms with Crippen LogP contribution in [-0.4, -0.2) is 45.7 Å². The fourth-order valence-electron chi connectivity index (χ4n) is 3.44. The number of ether oxygens (including phenoxy) is 1. The van der Waals surface area contributed by atoms with Crippen LogP contribution in [0, 0.1) is 6.92 Å². The highest BCUT2D eigenvalue weighted by Crippen LogP contribution is 2.11. The monoisotopic (exact) mass is 502 g/mol. The Hall–Kier alpha value is -3.24. The first-order chi connectivity index (χ1) is 16.7. The second kappa shape index (κ2) is 14.2. The molecule has 0 saturated carbocycles. The lowest BCUT2D eigenvalue weighted by Crippen LogP contribution is -2.45. The van der Waals surface area contributed by atoms with Crippen molar-refractivity contribution in [3.05, 3.63) is 65.2 Å². The minimum absolute atomic E-state index is 0.117. The van der Waals surface area contributed by atoms with Crippen molar-refractivity contribution >= 4 is 28.1 Å². The molecule has 0 radical (unpaired) electrons. The number of benzene rings is 2. The highest BCUT2D eigenvalue weighted by Gasteiger charge is 2.21. The number of rotatable bonds is 14. The van der Waals surface area contributed by atoms with Crippen molar-refractivity contribution in [1.82, 2.24) is 10.0 Å². The summed E-state index contributed by atoms with van der Waals surface area (Å²) in [5.41, 5.74) is 2.97. The van der Waals surface area contributed by atoms with Crippen molar-refractivity contribution in [2.24, 2.45) is 10.9 Å². The number of nitrogens with one attached hydrogen (secondary N) is 2. The van der Waals surface area contributed by atoms with Crippen LogP contribution in [0.5, 0.6) is 0 Å². The Balaban J connectivity index is 1.88. The summed E-state index contributed by atoms with van der Waals surface area (Å²) in [5, 5.41) is 6.29. The number of hydrogen-bond donors (Lipinski definition) is 3. The van der Waals surface area contributed by atoms with E-state index in [-0.39, 0.29) is 36.8 Å². The molecule has 1 unspecified atom stereocenters. The second-order valence-corrected chi connectivity index (χ2v) is 9.94. The van der Waals surface area contributed by atoms with Crippen molar-refractivity contribution in [3.63, 3.8) is 0 Å². The number of hydrogen-bond acceptors (Lipinski definition) is 7. The van der Waals surface area contributed by atoms with Crippen LogP contribution in [0.4, 0.5) is 0 Å². The van der Waals surface area contributed by atoms with E-state index in [1.807, 2.05) is 31.2 Å². The van der Waals surface area contributed by atoms with Gasteiger partial charge in [-0.05, 0) is 56.4 Å². The van der Waals surface area contributed by atoms with Crippen molar-refractivity contribution < 1.29 is 22.7 Å². The van der Waals surface area contributed by atoms with Gasteiger partial charge in [-0.15, -0.1) is 0 Å². The van der Waals surface area contributed by atoms with E-state index >= 15 is 0 Å². The zero-order valence-corrected chi connectivity index (χ0v) is 21.0. The molecule has 0 heterocycles. The quantitative estimate of drug-likeness (QED) is 0.119. The van der Waals surface area contributed by atoms with Gasteiger partial charge in [0.25, 0.3) is 0 Å². The third-order valence-corrected chi connectivity index (χ3v) is 6.67. The summed E-state index contributed by atoms with van der Waals surface area (Å²) in [7, 11) is -3.79. The molecule has 2 aromatic carbocycles. The van der Waals surface area contributed by atoms with Gasteiger partial charge in [-0.1, -0.05) is 42.0 Å². The molecule has 0 saturated heterocycles. The van der Waals surface area contributed by atoms with Gasteiger partial charge in [0.05, 0.1) is 30.2 Å². The van der Waals surface area contributed by atoms with Gasteiger partial charge in [0.1, 0.15) is 0 Å². The molecule has 0 fully saturated rings. The summed E-state index contributed by atoms with van der Waals surface area (Å²) in [4.78, 5) is 24.6. The van der Waals surface area contributed by atoms with Gasteiger partial charge in [-0.2, -0.15) is 5.10 Å². The normalized spacial score (nSPS) is 12.4. The first-order valence-corrected chi connectivity index (χ1v) is 13.1. The lowest BCUT2D eigenvalue weighted by atomic mass is 10.0. The van der Waals surface area contributed by atoms with E-state index in [2.05, 4.69) is 15.1 Å². The summed E-state index contributed by atoms with van der Waals surface area (Å²) < 4.78 is 32.7. The average molecular weight is 503 g/mol. The van der Waals surface area contributed by atoms with Gasteiger partial charge in [0.15, 0.2) is 0 Å². The number of sulfonamides is 1. The summed E-state index contributed by atoms with van der Waals surface area (Å²) in [6, 6.07) is 13.5. The number of esters is 1. The smallest absolute Gasteiger partial charge is 0.307 e. The first-order valence-electron chi connectivity index (χ1n) is 11.6. The number of carbonyl (C=O) groups is 2. The molecule has 10 heteroatoms. The molecule has 1 amide bonds. The maximum absolute atomic E-state index is 12.6. The molecule has 1 atom stereocenters. The number of hydrazone groups is 1. The summed E-state index contributed by atoms with van der Waals surface area (Å²) in [5.74, 6) is 4.43. The zero-order valence-electron chi connectivity index (χ0n) is 20.2. The lowest BCUT2D eigenvalue weighted by Gasteiger charge is -2.19. The van der Waals surface area contributed by atoms with Gasteiger partial charge in [0.2, 0.25) is 15.9 Å². The van der Waals surface area contributed by atoms with Crippen molar-refractivity contribution in [2.75, 3.05) is 13.2 Å². The molecule has 0 aliphatic heterocycles. The van der Waals surface area contributed by atoms with Gasteiger partial charge < -0.3 is 15.9 Å². The zero-order chi connectivity index (χ0) is 25.7. The molecule has 2 aromatic rings. The van der Waals surface area contributed by atoms with Gasteiger partial charge in [-0.25, -0.2) is 13.1 Å². The van der Waals surface area contributed by atoms with Crippen LogP contribution in [-0.2, 0) is 30.8 Å². The molecule has 0 spiro atoms. The summed E-state index contributed by atoms with van der Waals surface area (Å²) in [6.45, 7) is 3.62. The van der Waals surface area contributed by atoms with Crippen LogP contribution in [0.1, 0.15) is 49.3 Å². The van der Waals surface area contributed by atoms with E-state index in [9.17, 15) is 18.0 Å². The summed E-state index contributed by atoms with van der Waals surface area (Å²) in [6.07, 6.45) is 3.93. The fraction of sp³-hybridized carbons (Fsp3) is 0.400. The number of aryl methyl sites for hydroxylation is 2. The average Bonchev–Trinajstić information content (AvgIpc) is 2.81. The molecule has 35 heavy (non-hydrogen) atoms. The molecule has 0 aliphatic carbocycles. The van der Waals surface area contributed by atoms with E-state index in [0.29, 0.717) is 6.42 Å². The van der Waals surface area contributed by atoms with Crippen molar-refractivity contribution in [3.8, 4) is 0 Å². The van der Waals surface area contributed by atoms with Crippen LogP contribution >= 0.6 is 0 Å². The standard InChI is InChI=1S/C25H34N4O5S/c1-3-34-25(31)16-22(18-28-35(32,33)23-13-11-19(2)12-14-23)29-24(30)10-5-4-7-20-8-6-9-21(15-20)17-27-26/h6,8-9,11-15,17,22,28H,3-5,7,10,16,18,26H2,1-2H3,(H,29,30). The predicted octanol–water partition coefficient (Wildman–Crippen LogP) is 2.42. The minimum Gasteiger partial charge on any atom is -0.466 e. The van der Waals surface area contributed by atoms with Gasteiger partial charge >= 0.3 is 5.97 Å². The van der Waals surface area contributed by atoms with Gasteiger partial charge in [-0.3, -0.25) is 9.59 Å². The molecule has 0 bridgehead atoms. The fourth-order valence-corrected chi connectivity index (χ4v) is 4.52. The van der Waals surface area contributed by atoms with Crippen LogP contribution in [0.3, 0.4) is 0 Å². The Labute approximate surface area is 207 Å². The topological polar surface area (TPSA) is 140 Å². The molecular weight excluding hydrogens is 468 g/mol. The van der Waals surface area contributed by atoms with Crippen LogP contribution in [0.15, 0.2) is 58.5 Å². The third-order valence-electron chi connectivity index (χ3n) is 5.23. The Kier molecular flexibility index (Phi) is 11.4. The van der Waals surface area contributed by atoms with E-state index < -0.39 is 22.0 Å². The largest absolute Gasteiger partial charge is 0.466 e. The first kappa shape index (κ1) is 28.0. The Morgan fingerprint density at radius 2 is 1.89 bits per heavy atom. The maximum atomic E-state index is 12.6. The number of unbranched alkanes of at least 4 members (excludes halogenated alkanes) is 1. The SMILES string of the molecule is CCOC(=O)CC(CNS(=O)(=O)c1ccc(C)cc1)NC(=O)CCCCc1cccc(C=NN)c1. The Bertz CT molecular complexity index is 1100. The molecule has 4 N–H and O–H groups in total. The van der Waals surface area contributed by atoms with Crippen molar-refractivity contribution in [2.45, 2.75) is 56.9 Å². The molecule has 0 aliphatic rings. The third kappa shape index (κ3) is 10.3. The maximum Gasteiger partial charge on any atom is 0.307 e. The molecule has 0 aromatic heterocycles. The highest BCUT2D eigenvalue weighted by molar-refractivity contribution is 7.89. The molecule has 9 nitrogen and oxygen atoms in total. The van der Waals surface area contributed by atoms with Crippen LogP contribution < -0.4 is 15.9 Å². The Morgan fingerprint density at radius 1 is 1.14 bits per heavy atom. The minimum atomic E-state index is -3.79. The number of nitrogens with zero attached hydrogens (tertiary/aromatic N) is 1. The van der Waals surface area contributed by atoms with Gasteiger partial charge in [0, 0.05) is 13.0 Å². The highest BCUT2D eigenvalue weighted by atomic mass is 32.2. The molecule has 2 rings (SSSR count). The lowest BCUT2D eigenvalue weighted by molar-refractivity contribution is -0.143. The van der Waals surface area contributed by atoms with E-state index in [1.54, 1.807) is 25.3 Å². The number of nitrogens with two attached hydrogens (primary N) is 1. The van der Waals surface area contributed by atoms with Crippen LogP contribution in [0.2, 0.25) is 0 Å². The number of carbonyl (C=O) groups excluding carboxylic acids is 2. The van der Waals surface area contributed by atoms with Crippen molar-refractivity contribution in [1.29, 1.82) is 0 Å². The molecule has 190 valence electrons. The predicted molar refractivity (Wildman–Crippen MR) is 135 cm³/mol. The van der Waals surface area contributed by atoms with E-state index in [1.165, 1.54) is 12.1 Å². The second-order valence-electron chi connectivity index (χ2n) is 8.17. The van der Waals surface area contributed by atoms with E-state index in [4.69, 9.17) is 10.6 Å². The Morgan fingerprint density at radius 3 is 2.57 bits per heavy atom. The van der Waals surface area contributed by atoms with Crippen LogP contribution in [0.25, 0.3) is 0 Å². The number of amides is 1. The molecular formula is C25H34N4O5S. The summed E-state index contributed by atoms with van der Waals surface area (Å²) >= 11 is 0.